The summed E-state index contributed by atoms with van der Waals surface area (Å²) in [5.74, 6) is 1.24. The van der Waals surface area contributed by atoms with Crippen molar-refractivity contribution in [2.75, 3.05) is 0 Å². The molecule has 0 fully saturated rings. The number of aromatic nitrogens is 5. The molecule has 0 saturated heterocycles. The first kappa shape index (κ1) is 10.1. The second-order valence-electron chi connectivity index (χ2n) is 5.23. The molecular formula is C15H12N5+. The van der Waals surface area contributed by atoms with Crippen LogP contribution in [0.5, 0.6) is 0 Å². The number of hydrogen-bond acceptors (Lipinski definition) is 2. The highest BCUT2D eigenvalue weighted by Gasteiger charge is 2.32. The van der Waals surface area contributed by atoms with Gasteiger partial charge in [0.15, 0.2) is 11.8 Å². The van der Waals surface area contributed by atoms with Crippen LogP contribution in [0.1, 0.15) is 5.56 Å². The van der Waals surface area contributed by atoms with E-state index in [1.165, 1.54) is 33.6 Å². The highest BCUT2D eigenvalue weighted by molar-refractivity contribution is 5.82. The van der Waals surface area contributed by atoms with E-state index in [0.29, 0.717) is 0 Å². The monoisotopic (exact) mass is 262 g/mol. The highest BCUT2D eigenvalue weighted by atomic mass is 15.2. The Balaban J connectivity index is 1.99. The zero-order valence-corrected chi connectivity index (χ0v) is 11.0. The normalized spacial score (nSPS) is 13.1. The summed E-state index contributed by atoms with van der Waals surface area (Å²) in [6.07, 6.45) is 7.53. The molecular weight excluding hydrogens is 250 g/mol. The van der Waals surface area contributed by atoms with Crippen molar-refractivity contribution in [2.24, 2.45) is 7.05 Å². The van der Waals surface area contributed by atoms with Crippen LogP contribution in [-0.4, -0.2) is 18.9 Å². The minimum atomic E-state index is 0.872. The Kier molecular flexibility index (Phi) is 1.65. The predicted octanol–water partition coefficient (Wildman–Crippen LogP) is 1.54. The lowest BCUT2D eigenvalue weighted by atomic mass is 10.2. The van der Waals surface area contributed by atoms with Gasteiger partial charge in [0.1, 0.15) is 5.52 Å². The molecule has 0 amide bonds. The smallest absolute Gasteiger partial charge is 0.264 e. The van der Waals surface area contributed by atoms with E-state index in [0.717, 1.165) is 6.54 Å². The van der Waals surface area contributed by atoms with Crippen molar-refractivity contribution in [3.63, 3.8) is 0 Å². The minimum absolute atomic E-state index is 0.872. The zero-order chi connectivity index (χ0) is 13.3. The molecule has 5 heterocycles. The quantitative estimate of drug-likeness (QED) is 0.397. The summed E-state index contributed by atoms with van der Waals surface area (Å²) in [5, 5.41) is 0. The van der Waals surface area contributed by atoms with Crippen LogP contribution in [0.4, 0.5) is 0 Å². The van der Waals surface area contributed by atoms with Gasteiger partial charge in [0.2, 0.25) is 5.82 Å². The SMILES string of the molecule is Cn1c2[n+](c3c1cc1ccncn13)Cc1cnccc1-2. The van der Waals surface area contributed by atoms with Crippen molar-refractivity contribution in [3.8, 4) is 11.4 Å². The molecule has 0 unspecified atom stereocenters. The van der Waals surface area contributed by atoms with Crippen molar-refractivity contribution >= 4 is 16.7 Å². The number of pyridine rings is 1. The second kappa shape index (κ2) is 3.25. The minimum Gasteiger partial charge on any atom is -0.264 e. The first-order chi connectivity index (χ1) is 9.84. The van der Waals surface area contributed by atoms with E-state index in [2.05, 4.69) is 42.7 Å². The standard InChI is InChI=1S/C15H12N5/c1-18-13-6-11-2-4-17-9-20(11)15(13)19-8-10-7-16-5-3-12(10)14(18)19/h2-7,9H,8H2,1H3/q+1. The van der Waals surface area contributed by atoms with Gasteiger partial charge in [-0.1, -0.05) is 0 Å². The molecule has 0 aliphatic carbocycles. The lowest BCUT2D eigenvalue weighted by Gasteiger charge is -1.95. The van der Waals surface area contributed by atoms with Gasteiger partial charge in [-0.15, -0.1) is 0 Å². The van der Waals surface area contributed by atoms with Crippen LogP contribution in [0.3, 0.4) is 0 Å². The Bertz CT molecular complexity index is 992. The summed E-state index contributed by atoms with van der Waals surface area (Å²) < 4.78 is 6.75. The first-order valence-corrected chi connectivity index (χ1v) is 6.61. The van der Waals surface area contributed by atoms with Gasteiger partial charge in [-0.3, -0.25) is 9.55 Å². The molecule has 96 valence electrons. The largest absolute Gasteiger partial charge is 0.275 e. The number of hydrogen-bond donors (Lipinski definition) is 0. The van der Waals surface area contributed by atoms with Gasteiger partial charge in [0, 0.05) is 30.2 Å². The molecule has 0 spiro atoms. The van der Waals surface area contributed by atoms with E-state index in [1.54, 1.807) is 0 Å². The number of rotatable bonds is 0. The Labute approximate surface area is 114 Å². The van der Waals surface area contributed by atoms with Crippen LogP contribution in [0.15, 0.2) is 43.1 Å². The van der Waals surface area contributed by atoms with Crippen LogP contribution >= 0.6 is 0 Å². The third-order valence-electron chi connectivity index (χ3n) is 4.20. The topological polar surface area (TPSA) is 39.0 Å². The van der Waals surface area contributed by atoms with Crippen LogP contribution < -0.4 is 4.57 Å². The fourth-order valence-electron chi connectivity index (χ4n) is 3.32. The molecule has 5 rings (SSSR count). The fraction of sp³-hybridized carbons (Fsp3) is 0.133. The van der Waals surface area contributed by atoms with Gasteiger partial charge < -0.3 is 0 Å². The summed E-state index contributed by atoms with van der Waals surface area (Å²) in [6, 6.07) is 6.35. The van der Waals surface area contributed by atoms with E-state index in [9.17, 15) is 0 Å². The molecule has 0 saturated carbocycles. The summed E-state index contributed by atoms with van der Waals surface area (Å²) in [4.78, 5) is 8.48. The molecule has 0 bridgehead atoms. The molecule has 0 aromatic carbocycles. The maximum atomic E-state index is 4.25. The van der Waals surface area contributed by atoms with Gasteiger partial charge >= 0.3 is 0 Å². The molecule has 4 aromatic rings. The fourth-order valence-corrected chi connectivity index (χ4v) is 3.32. The van der Waals surface area contributed by atoms with Gasteiger partial charge in [-0.2, -0.15) is 0 Å². The molecule has 20 heavy (non-hydrogen) atoms. The van der Waals surface area contributed by atoms with Crippen LogP contribution in [-0.2, 0) is 13.6 Å². The second-order valence-corrected chi connectivity index (χ2v) is 5.23. The molecule has 0 atom stereocenters. The van der Waals surface area contributed by atoms with Crippen LogP contribution in [0.2, 0.25) is 0 Å². The molecule has 5 nitrogen and oxygen atoms in total. The van der Waals surface area contributed by atoms with E-state index in [1.807, 2.05) is 31.0 Å². The molecule has 0 radical (unpaired) electrons. The van der Waals surface area contributed by atoms with E-state index in [4.69, 9.17) is 0 Å². The van der Waals surface area contributed by atoms with E-state index >= 15 is 0 Å². The Hall–Kier alpha value is -2.69. The maximum absolute atomic E-state index is 4.25. The summed E-state index contributed by atoms with van der Waals surface area (Å²) in [6.45, 7) is 0.872. The number of nitrogens with zero attached hydrogens (tertiary/aromatic N) is 5. The average molecular weight is 262 g/mol. The maximum Gasteiger partial charge on any atom is 0.275 e. The number of imidazole rings is 1. The van der Waals surface area contributed by atoms with Crippen LogP contribution in [0, 0.1) is 0 Å². The van der Waals surface area contributed by atoms with Crippen molar-refractivity contribution in [1.82, 2.24) is 18.9 Å². The average Bonchev–Trinajstić information content (AvgIpc) is 3.10. The van der Waals surface area contributed by atoms with Gasteiger partial charge in [0.25, 0.3) is 5.65 Å². The van der Waals surface area contributed by atoms with Crippen molar-refractivity contribution in [1.29, 1.82) is 0 Å². The first-order valence-electron chi connectivity index (χ1n) is 6.61. The lowest BCUT2D eigenvalue weighted by molar-refractivity contribution is -0.648. The van der Waals surface area contributed by atoms with Crippen molar-refractivity contribution < 1.29 is 4.57 Å². The van der Waals surface area contributed by atoms with E-state index < -0.39 is 0 Å². The van der Waals surface area contributed by atoms with Crippen molar-refractivity contribution in [2.45, 2.75) is 6.54 Å². The third kappa shape index (κ3) is 1.02. The Morgan fingerprint density at radius 2 is 2.10 bits per heavy atom. The Morgan fingerprint density at radius 1 is 1.20 bits per heavy atom. The van der Waals surface area contributed by atoms with Gasteiger partial charge in [0.05, 0.1) is 19.2 Å². The highest BCUT2D eigenvalue weighted by Crippen LogP contribution is 2.31. The Morgan fingerprint density at radius 3 is 3.05 bits per heavy atom. The van der Waals surface area contributed by atoms with Crippen LogP contribution in [0.25, 0.3) is 28.1 Å². The van der Waals surface area contributed by atoms with E-state index in [-0.39, 0.29) is 0 Å². The molecule has 0 N–H and O–H groups in total. The number of aryl methyl sites for hydroxylation is 1. The molecule has 1 aliphatic rings. The third-order valence-corrected chi connectivity index (χ3v) is 4.20. The number of fused-ring (bicyclic) bond motifs is 7. The summed E-state index contributed by atoms with van der Waals surface area (Å²) >= 11 is 0. The lowest BCUT2D eigenvalue weighted by Crippen LogP contribution is -2.32. The molecule has 1 aliphatic heterocycles. The predicted molar refractivity (Wildman–Crippen MR) is 74.2 cm³/mol. The van der Waals surface area contributed by atoms with Gasteiger partial charge in [-0.25, -0.2) is 14.0 Å². The summed E-state index contributed by atoms with van der Waals surface area (Å²) in [5.41, 5.74) is 6.15. The van der Waals surface area contributed by atoms with Gasteiger partial charge in [-0.05, 0) is 12.1 Å². The molecule has 5 heteroatoms. The molecule has 4 aromatic heterocycles. The zero-order valence-electron chi connectivity index (χ0n) is 11.0. The van der Waals surface area contributed by atoms with Crippen molar-refractivity contribution in [3.05, 3.63) is 48.7 Å². The summed E-state index contributed by atoms with van der Waals surface area (Å²) in [7, 11) is 2.12.